The van der Waals surface area contributed by atoms with Crippen LogP contribution in [0.2, 0.25) is 0 Å². The molecular weight excluding hydrogens is 942 g/mol. The van der Waals surface area contributed by atoms with Gasteiger partial charge in [0, 0.05) is 6.42 Å². The van der Waals surface area contributed by atoms with Crippen LogP contribution in [0.4, 0.5) is 0 Å². The van der Waals surface area contributed by atoms with E-state index in [1.165, 1.54) is 103 Å². The molecule has 0 bridgehead atoms. The van der Waals surface area contributed by atoms with Gasteiger partial charge in [-0.15, -0.1) is 0 Å². The van der Waals surface area contributed by atoms with Crippen molar-refractivity contribution in [3.05, 3.63) is 122 Å². The van der Waals surface area contributed by atoms with E-state index < -0.39 is 32.5 Å². The molecule has 2 atom stereocenters. The number of phosphoric ester groups is 1. The summed E-state index contributed by atoms with van der Waals surface area (Å²) in [5.74, 6) is -0.984. The van der Waals surface area contributed by atoms with E-state index in [1.807, 2.05) is 33.3 Å². The van der Waals surface area contributed by atoms with Crippen molar-refractivity contribution < 1.29 is 42.1 Å². The summed E-state index contributed by atoms with van der Waals surface area (Å²) in [6.07, 6.45) is 77.3. The Hall–Kier alpha value is -3.59. The average molecular weight is 1050 g/mol. The van der Waals surface area contributed by atoms with Gasteiger partial charge in [0.05, 0.1) is 34.2 Å². The Bertz CT molecular complexity index is 1660. The molecule has 422 valence electrons. The molecule has 2 unspecified atom stereocenters. The van der Waals surface area contributed by atoms with Crippen LogP contribution in [0.25, 0.3) is 0 Å². The summed E-state index contributed by atoms with van der Waals surface area (Å²) in [7, 11) is 1.11. The summed E-state index contributed by atoms with van der Waals surface area (Å²) in [5.41, 5.74) is 0. The van der Waals surface area contributed by atoms with Gasteiger partial charge in [-0.25, -0.2) is 0 Å². The van der Waals surface area contributed by atoms with Gasteiger partial charge in [0.2, 0.25) is 0 Å². The molecule has 0 spiro atoms. The van der Waals surface area contributed by atoms with Gasteiger partial charge in [0.25, 0.3) is 7.82 Å². The molecule has 0 aliphatic rings. The molecule has 9 nitrogen and oxygen atoms in total. The second-order valence-electron chi connectivity index (χ2n) is 20.3. The number of quaternary nitrogens is 1. The van der Waals surface area contributed by atoms with E-state index in [0.29, 0.717) is 23.9 Å². The number of nitrogens with zero attached hydrogens (tertiary/aromatic N) is 1. The van der Waals surface area contributed by atoms with E-state index in [9.17, 15) is 19.0 Å². The molecule has 0 amide bonds. The summed E-state index contributed by atoms with van der Waals surface area (Å²) in [4.78, 5) is 37.7. The average Bonchev–Trinajstić information content (AvgIpc) is 3.36. The second kappa shape index (κ2) is 54.2. The molecule has 0 saturated heterocycles. The highest BCUT2D eigenvalue weighted by atomic mass is 31.2. The first-order chi connectivity index (χ1) is 36.0. The first-order valence-corrected chi connectivity index (χ1v) is 30.7. The lowest BCUT2D eigenvalue weighted by atomic mass is 10.0. The van der Waals surface area contributed by atoms with Crippen LogP contribution in [-0.4, -0.2) is 70.0 Å². The monoisotopic (exact) mass is 1050 g/mol. The maximum absolute atomic E-state index is 12.8. The van der Waals surface area contributed by atoms with E-state index >= 15 is 0 Å². The fourth-order valence-electron chi connectivity index (χ4n) is 7.58. The molecule has 0 aromatic carbocycles. The molecule has 0 aliphatic carbocycles. The van der Waals surface area contributed by atoms with E-state index in [4.69, 9.17) is 18.5 Å². The first kappa shape index (κ1) is 70.4. The van der Waals surface area contributed by atoms with E-state index in [0.717, 1.165) is 77.0 Å². The predicted molar refractivity (Wildman–Crippen MR) is 314 cm³/mol. The van der Waals surface area contributed by atoms with Crippen LogP contribution in [0.3, 0.4) is 0 Å². The number of esters is 2. The number of carbonyl (C=O) groups is 2. The van der Waals surface area contributed by atoms with Crippen LogP contribution < -0.4 is 4.89 Å². The summed E-state index contributed by atoms with van der Waals surface area (Å²) in [6.45, 7) is 3.89. The number of allylic oxidation sites excluding steroid dienone is 19. The molecule has 0 radical (unpaired) electrons. The Balaban J connectivity index is 4.09. The quantitative estimate of drug-likeness (QED) is 0.0195. The van der Waals surface area contributed by atoms with Crippen LogP contribution in [0.15, 0.2) is 122 Å². The fraction of sp³-hybridized carbons (Fsp3) is 0.656. The highest BCUT2D eigenvalue weighted by Crippen LogP contribution is 2.38. The third-order valence-corrected chi connectivity index (χ3v) is 13.0. The minimum Gasteiger partial charge on any atom is -0.756 e. The van der Waals surface area contributed by atoms with E-state index in [-0.39, 0.29) is 26.1 Å². The topological polar surface area (TPSA) is 111 Å². The van der Waals surface area contributed by atoms with Crippen molar-refractivity contribution in [1.82, 2.24) is 0 Å². The smallest absolute Gasteiger partial charge is 0.309 e. The summed E-state index contributed by atoms with van der Waals surface area (Å²) in [5, 5.41) is 0. The molecule has 0 rings (SSSR count). The fourth-order valence-corrected chi connectivity index (χ4v) is 8.31. The van der Waals surface area contributed by atoms with Crippen molar-refractivity contribution in [3.63, 3.8) is 0 Å². The number of ether oxygens (including phenoxy) is 2. The van der Waals surface area contributed by atoms with Gasteiger partial charge in [0.1, 0.15) is 19.8 Å². The minimum atomic E-state index is -4.66. The molecule has 0 N–H and O–H groups in total. The third-order valence-electron chi connectivity index (χ3n) is 12.0. The van der Waals surface area contributed by atoms with Crippen molar-refractivity contribution in [1.29, 1.82) is 0 Å². The van der Waals surface area contributed by atoms with Gasteiger partial charge in [-0.1, -0.05) is 245 Å². The van der Waals surface area contributed by atoms with Crippen molar-refractivity contribution in [2.75, 3.05) is 47.5 Å². The van der Waals surface area contributed by atoms with Crippen LogP contribution in [0.5, 0.6) is 0 Å². The molecule has 0 saturated carbocycles. The Kier molecular flexibility index (Phi) is 51.6. The zero-order chi connectivity index (χ0) is 54.2. The molecule has 0 aromatic heterocycles. The van der Waals surface area contributed by atoms with Gasteiger partial charge in [-0.3, -0.25) is 14.2 Å². The maximum atomic E-state index is 12.8. The molecule has 0 heterocycles. The van der Waals surface area contributed by atoms with E-state index in [2.05, 4.69) is 117 Å². The SMILES string of the molecule is CC/C=C\C/C=C\C/C=C\C/C=C\C/C=C\CCCCCCCCCCCCCCCCCCCCCC(=O)OC(COC(=O)C/C=C\C/C=C\C/C=C\C/C=C\C/C=C\CC)COP(=O)([O-])OCC[N+](C)(C)C. The normalized spacial score (nSPS) is 14.2. The van der Waals surface area contributed by atoms with Gasteiger partial charge in [0.15, 0.2) is 6.10 Å². The van der Waals surface area contributed by atoms with Crippen molar-refractivity contribution >= 4 is 19.8 Å². The minimum absolute atomic E-state index is 0.0405. The van der Waals surface area contributed by atoms with Crippen LogP contribution in [0.1, 0.15) is 219 Å². The Morgan fingerprint density at radius 2 is 0.770 bits per heavy atom. The number of carbonyl (C=O) groups excluding carboxylic acids is 2. The van der Waals surface area contributed by atoms with Gasteiger partial charge in [-0.2, -0.15) is 0 Å². The Morgan fingerprint density at radius 3 is 1.15 bits per heavy atom. The molecule has 0 fully saturated rings. The van der Waals surface area contributed by atoms with Crippen molar-refractivity contribution in [2.24, 2.45) is 0 Å². The molecule has 10 heteroatoms. The van der Waals surface area contributed by atoms with Crippen LogP contribution in [0, 0.1) is 0 Å². The van der Waals surface area contributed by atoms with Crippen LogP contribution in [-0.2, 0) is 32.7 Å². The lowest BCUT2D eigenvalue weighted by Gasteiger charge is -2.28. The first-order valence-electron chi connectivity index (χ1n) is 29.2. The van der Waals surface area contributed by atoms with Gasteiger partial charge >= 0.3 is 11.9 Å². The number of unbranched alkanes of at least 4 members (excludes halogenated alkanes) is 19. The number of hydrogen-bond acceptors (Lipinski definition) is 8. The second-order valence-corrected chi connectivity index (χ2v) is 21.7. The number of hydrogen-bond donors (Lipinski definition) is 0. The lowest BCUT2D eigenvalue weighted by Crippen LogP contribution is -2.37. The molecule has 0 aliphatic heterocycles. The zero-order valence-corrected chi connectivity index (χ0v) is 48.6. The molecule has 74 heavy (non-hydrogen) atoms. The largest absolute Gasteiger partial charge is 0.756 e. The Labute approximate surface area is 454 Å². The maximum Gasteiger partial charge on any atom is 0.309 e. The molecular formula is C64H108NO8P. The summed E-state index contributed by atoms with van der Waals surface area (Å²) < 4.78 is 34.0. The number of rotatable bonds is 52. The molecule has 0 aromatic rings. The number of likely N-dealkylation sites (N-methyl/N-ethyl adjacent to an activating group) is 1. The standard InChI is InChI=1S/C64H108NO8P/c1-6-8-10-12-14-16-18-20-22-23-24-25-26-27-28-29-30-31-32-33-34-35-36-37-38-39-40-41-43-45-47-49-51-53-55-57-64(67)73-62(61-72-74(68,69)71-59-58-65(3,4)5)60-70-63(66)56-54-52-50-48-46-44-42-21-19-17-15-13-11-9-7-2/h8-11,14-17,20-22,24-25,27-28,42,46,48,52,54,62H,6-7,12-13,18-19,23,26,29-41,43-45,47,49-51,53,55-61H2,1-5H3/b10-8-,11-9-,16-14-,17-15-,22-20-,25-24-,28-27-,42-21-,48-46-,54-52-. The zero-order valence-electron chi connectivity index (χ0n) is 47.7. The summed E-state index contributed by atoms with van der Waals surface area (Å²) >= 11 is 0. The van der Waals surface area contributed by atoms with Gasteiger partial charge < -0.3 is 27.9 Å². The van der Waals surface area contributed by atoms with Gasteiger partial charge in [-0.05, 0) is 83.5 Å². The van der Waals surface area contributed by atoms with E-state index in [1.54, 1.807) is 6.08 Å². The number of phosphoric acid groups is 1. The van der Waals surface area contributed by atoms with Crippen LogP contribution >= 0.6 is 7.82 Å². The highest BCUT2D eigenvalue weighted by Gasteiger charge is 2.21. The summed E-state index contributed by atoms with van der Waals surface area (Å²) in [6, 6.07) is 0. The predicted octanol–water partition coefficient (Wildman–Crippen LogP) is 17.7. The Morgan fingerprint density at radius 1 is 0.432 bits per heavy atom. The lowest BCUT2D eigenvalue weighted by molar-refractivity contribution is -0.870. The van der Waals surface area contributed by atoms with Crippen molar-refractivity contribution in [3.8, 4) is 0 Å². The third kappa shape index (κ3) is 57.7. The van der Waals surface area contributed by atoms with Crippen molar-refractivity contribution in [2.45, 2.75) is 225 Å². The highest BCUT2D eigenvalue weighted by molar-refractivity contribution is 7.45.